The number of benzene rings is 2. The van der Waals surface area contributed by atoms with Crippen LogP contribution in [-0.4, -0.2) is 17.7 Å². The lowest BCUT2D eigenvalue weighted by molar-refractivity contribution is -0.171. The molecule has 0 radical (unpaired) electrons. The molecule has 2 aromatic carbocycles. The van der Waals surface area contributed by atoms with E-state index >= 15 is 0 Å². The van der Waals surface area contributed by atoms with Crippen molar-refractivity contribution in [2.45, 2.75) is 25.6 Å². The summed E-state index contributed by atoms with van der Waals surface area (Å²) in [6.07, 6.45) is 0. The van der Waals surface area contributed by atoms with Crippen LogP contribution in [0.15, 0.2) is 40.9 Å². The topological polar surface area (TPSA) is 47.9 Å². The zero-order valence-corrected chi connectivity index (χ0v) is 14.5. The summed E-state index contributed by atoms with van der Waals surface area (Å²) in [5.74, 6) is 0.670. The fraction of sp³-hybridized carbons (Fsp3) is 0.333. The van der Waals surface area contributed by atoms with E-state index in [-0.39, 0.29) is 18.6 Å². The van der Waals surface area contributed by atoms with E-state index in [1.165, 1.54) is 0 Å². The van der Waals surface area contributed by atoms with Gasteiger partial charge in [-0.25, -0.2) is 0 Å². The molecule has 0 aromatic heterocycles. The first-order chi connectivity index (χ1) is 11.0. The molecule has 5 heteroatoms. The minimum Gasteiger partial charge on any atom is -0.462 e. The minimum atomic E-state index is -1.25. The second-order valence-electron chi connectivity index (χ2n) is 6.22. The summed E-state index contributed by atoms with van der Waals surface area (Å²) >= 11 is 3.47. The third kappa shape index (κ3) is 2.39. The minimum absolute atomic E-state index is 0.0105. The van der Waals surface area contributed by atoms with E-state index in [0.717, 1.165) is 21.3 Å². The van der Waals surface area contributed by atoms with Gasteiger partial charge < -0.3 is 19.3 Å². The first-order valence-corrected chi connectivity index (χ1v) is 8.35. The summed E-state index contributed by atoms with van der Waals surface area (Å²) in [4.78, 5) is 0. The van der Waals surface area contributed by atoms with Crippen LogP contribution in [0.1, 0.15) is 30.9 Å². The Balaban J connectivity index is 1.89. The van der Waals surface area contributed by atoms with Gasteiger partial charge in [-0.05, 0) is 23.8 Å². The molecule has 2 aliphatic heterocycles. The quantitative estimate of drug-likeness (QED) is 0.815. The summed E-state index contributed by atoms with van der Waals surface area (Å²) in [5.41, 5.74) is 2.14. The van der Waals surface area contributed by atoms with Crippen LogP contribution in [0.4, 0.5) is 0 Å². The number of aliphatic hydroxyl groups is 1. The van der Waals surface area contributed by atoms with Crippen LogP contribution >= 0.6 is 15.9 Å². The van der Waals surface area contributed by atoms with Crippen LogP contribution in [0.3, 0.4) is 0 Å². The normalized spacial score (nSPS) is 28.2. The van der Waals surface area contributed by atoms with Crippen LogP contribution in [0.2, 0.25) is 0 Å². The molecule has 0 aliphatic carbocycles. The van der Waals surface area contributed by atoms with Gasteiger partial charge in [0.05, 0.1) is 0 Å². The average molecular weight is 377 g/mol. The van der Waals surface area contributed by atoms with E-state index in [2.05, 4.69) is 28.1 Å². The fourth-order valence-corrected chi connectivity index (χ4v) is 3.57. The molecule has 120 valence electrons. The Kier molecular flexibility index (Phi) is 3.32. The third-order valence-corrected chi connectivity index (χ3v) is 5.26. The van der Waals surface area contributed by atoms with Gasteiger partial charge >= 0.3 is 0 Å². The molecule has 0 unspecified atom stereocenters. The molecule has 2 aliphatic rings. The van der Waals surface area contributed by atoms with Gasteiger partial charge in [-0.2, -0.15) is 0 Å². The molecule has 4 rings (SSSR count). The standard InChI is InChI=1S/C18H17BrO4/c1-10-17(11-3-5-12(19)6-4-11)13-7-15-16(22-9-21-15)8-14(13)23-18(10,2)20/h3-8,10,17,20H,9H2,1-2H3/t10-,17-,18+/m0/s1. The zero-order valence-electron chi connectivity index (χ0n) is 12.9. The maximum absolute atomic E-state index is 10.7. The van der Waals surface area contributed by atoms with Crippen LogP contribution in [0.5, 0.6) is 17.2 Å². The molecule has 3 atom stereocenters. The lowest BCUT2D eigenvalue weighted by Gasteiger charge is -2.42. The first kappa shape index (κ1) is 14.8. The number of fused-ring (bicyclic) bond motifs is 2. The molecule has 0 bridgehead atoms. The van der Waals surface area contributed by atoms with E-state index in [0.29, 0.717) is 11.5 Å². The summed E-state index contributed by atoms with van der Waals surface area (Å²) in [6.45, 7) is 3.92. The molecule has 0 fully saturated rings. The lowest BCUT2D eigenvalue weighted by Crippen LogP contribution is -2.45. The van der Waals surface area contributed by atoms with Crippen molar-refractivity contribution in [3.8, 4) is 17.2 Å². The van der Waals surface area contributed by atoms with Gasteiger partial charge in [-0.1, -0.05) is 35.0 Å². The molecule has 0 saturated carbocycles. The number of rotatable bonds is 1. The lowest BCUT2D eigenvalue weighted by atomic mass is 9.75. The average Bonchev–Trinajstić information content (AvgIpc) is 2.95. The van der Waals surface area contributed by atoms with Gasteiger partial charge in [0.25, 0.3) is 0 Å². The highest BCUT2D eigenvalue weighted by molar-refractivity contribution is 9.10. The predicted molar refractivity (Wildman–Crippen MR) is 89.0 cm³/mol. The van der Waals surface area contributed by atoms with E-state index in [1.54, 1.807) is 6.92 Å². The van der Waals surface area contributed by atoms with Crippen molar-refractivity contribution in [3.63, 3.8) is 0 Å². The van der Waals surface area contributed by atoms with Crippen molar-refractivity contribution >= 4 is 15.9 Å². The van der Waals surface area contributed by atoms with Crippen molar-refractivity contribution in [3.05, 3.63) is 52.0 Å². The second-order valence-corrected chi connectivity index (χ2v) is 7.13. The smallest absolute Gasteiger partial charge is 0.231 e. The molecular formula is C18H17BrO4. The van der Waals surface area contributed by atoms with Gasteiger partial charge in [0.15, 0.2) is 11.5 Å². The molecule has 4 nitrogen and oxygen atoms in total. The SMILES string of the molecule is C[C@H]1[C@@H](c2ccc(Br)cc2)c2cc3c(cc2O[C@@]1(C)O)OCO3. The maximum Gasteiger partial charge on any atom is 0.231 e. The molecule has 0 saturated heterocycles. The highest BCUT2D eigenvalue weighted by atomic mass is 79.9. The van der Waals surface area contributed by atoms with E-state index in [4.69, 9.17) is 14.2 Å². The van der Waals surface area contributed by atoms with Crippen LogP contribution < -0.4 is 14.2 Å². The van der Waals surface area contributed by atoms with Crippen molar-refractivity contribution < 1.29 is 19.3 Å². The number of hydrogen-bond acceptors (Lipinski definition) is 4. The van der Waals surface area contributed by atoms with Crippen molar-refractivity contribution in [1.29, 1.82) is 0 Å². The highest BCUT2D eigenvalue weighted by Gasteiger charge is 2.44. The number of halogens is 1. The molecule has 1 N–H and O–H groups in total. The monoisotopic (exact) mass is 376 g/mol. The molecule has 2 aromatic rings. The van der Waals surface area contributed by atoms with Gasteiger partial charge in [0.1, 0.15) is 5.75 Å². The Morgan fingerprint density at radius 2 is 1.74 bits per heavy atom. The zero-order chi connectivity index (χ0) is 16.2. The van der Waals surface area contributed by atoms with Crippen LogP contribution in [0.25, 0.3) is 0 Å². The van der Waals surface area contributed by atoms with E-state index in [9.17, 15) is 5.11 Å². The Morgan fingerprint density at radius 1 is 1.09 bits per heavy atom. The summed E-state index contributed by atoms with van der Waals surface area (Å²) in [6, 6.07) is 11.9. The van der Waals surface area contributed by atoms with Gasteiger partial charge in [-0.15, -0.1) is 0 Å². The highest BCUT2D eigenvalue weighted by Crippen LogP contribution is 2.51. The maximum atomic E-state index is 10.7. The molecule has 2 heterocycles. The molecule has 23 heavy (non-hydrogen) atoms. The number of ether oxygens (including phenoxy) is 3. The predicted octanol–water partition coefficient (Wildman–Crippen LogP) is 4.05. The first-order valence-electron chi connectivity index (χ1n) is 7.56. The van der Waals surface area contributed by atoms with E-state index in [1.807, 2.05) is 31.2 Å². The van der Waals surface area contributed by atoms with Crippen molar-refractivity contribution in [2.24, 2.45) is 5.92 Å². The Hall–Kier alpha value is -1.72. The Bertz CT molecular complexity index is 754. The fourth-order valence-electron chi connectivity index (χ4n) is 3.30. The van der Waals surface area contributed by atoms with Crippen LogP contribution in [-0.2, 0) is 0 Å². The van der Waals surface area contributed by atoms with Crippen molar-refractivity contribution in [2.75, 3.05) is 6.79 Å². The molecular weight excluding hydrogens is 360 g/mol. The van der Waals surface area contributed by atoms with Crippen LogP contribution in [0, 0.1) is 5.92 Å². The van der Waals surface area contributed by atoms with Gasteiger partial charge in [0.2, 0.25) is 12.6 Å². The third-order valence-electron chi connectivity index (χ3n) is 4.73. The van der Waals surface area contributed by atoms with E-state index < -0.39 is 5.79 Å². The molecule has 0 spiro atoms. The second kappa shape index (κ2) is 5.14. The molecule has 0 amide bonds. The summed E-state index contributed by atoms with van der Waals surface area (Å²) in [7, 11) is 0. The van der Waals surface area contributed by atoms with Crippen molar-refractivity contribution in [1.82, 2.24) is 0 Å². The Labute approximate surface area is 143 Å². The van der Waals surface area contributed by atoms with Gasteiger partial charge in [-0.3, -0.25) is 0 Å². The number of hydrogen-bond donors (Lipinski definition) is 1. The largest absolute Gasteiger partial charge is 0.462 e. The van der Waals surface area contributed by atoms with Gasteiger partial charge in [0, 0.05) is 34.9 Å². The summed E-state index contributed by atoms with van der Waals surface area (Å²) in [5, 5.41) is 10.7. The summed E-state index contributed by atoms with van der Waals surface area (Å²) < 4.78 is 17.8. The Morgan fingerprint density at radius 3 is 2.43 bits per heavy atom.